The molecular formula is C11H13Cl2NO. The molecule has 82 valence electrons. The number of halogens is 2. The number of carbonyl (C=O) groups is 1. The van der Waals surface area contributed by atoms with E-state index >= 15 is 0 Å². The molecule has 0 fully saturated rings. The standard InChI is InChI=1S/C11H13Cl2NO/c1-7(6-14)5-10(15)8-3-2-4-9(12)11(8)13/h2-4,7H,5-6,14H2,1H3. The fraction of sp³-hybridized carbons (Fsp3) is 0.364. The Hall–Kier alpha value is -0.570. The molecule has 2 N–H and O–H groups in total. The number of ketones is 1. The molecule has 1 aromatic rings. The van der Waals surface area contributed by atoms with Crippen molar-refractivity contribution in [1.29, 1.82) is 0 Å². The van der Waals surface area contributed by atoms with Crippen molar-refractivity contribution in [1.82, 2.24) is 0 Å². The molecule has 0 saturated heterocycles. The molecule has 15 heavy (non-hydrogen) atoms. The number of nitrogens with two attached hydrogens (primary N) is 1. The van der Waals surface area contributed by atoms with Gasteiger partial charge in [-0.25, -0.2) is 0 Å². The minimum absolute atomic E-state index is 0.0135. The van der Waals surface area contributed by atoms with Crippen molar-refractivity contribution < 1.29 is 4.79 Å². The molecule has 0 radical (unpaired) electrons. The molecule has 4 heteroatoms. The summed E-state index contributed by atoms with van der Waals surface area (Å²) in [4.78, 5) is 11.8. The molecule has 0 saturated carbocycles. The molecule has 0 amide bonds. The molecule has 0 bridgehead atoms. The topological polar surface area (TPSA) is 43.1 Å². The van der Waals surface area contributed by atoms with Crippen LogP contribution < -0.4 is 5.73 Å². The maximum atomic E-state index is 11.8. The van der Waals surface area contributed by atoms with Gasteiger partial charge in [0, 0.05) is 12.0 Å². The van der Waals surface area contributed by atoms with Crippen molar-refractivity contribution in [2.24, 2.45) is 11.7 Å². The molecule has 1 atom stereocenters. The van der Waals surface area contributed by atoms with Gasteiger partial charge in [0.15, 0.2) is 5.78 Å². The molecule has 2 nitrogen and oxygen atoms in total. The van der Waals surface area contributed by atoms with Crippen LogP contribution in [0.15, 0.2) is 18.2 Å². The summed E-state index contributed by atoms with van der Waals surface area (Å²) in [6.07, 6.45) is 0.399. The first kappa shape index (κ1) is 12.5. The van der Waals surface area contributed by atoms with Crippen LogP contribution in [0.25, 0.3) is 0 Å². The lowest BCUT2D eigenvalue weighted by Crippen LogP contribution is -2.15. The molecule has 0 aliphatic rings. The number of hydrogen-bond donors (Lipinski definition) is 1. The zero-order valence-corrected chi connectivity index (χ0v) is 9.98. The summed E-state index contributed by atoms with van der Waals surface area (Å²) < 4.78 is 0. The van der Waals surface area contributed by atoms with E-state index in [0.717, 1.165) is 0 Å². The smallest absolute Gasteiger partial charge is 0.164 e. The molecule has 0 aliphatic heterocycles. The van der Waals surface area contributed by atoms with Gasteiger partial charge in [-0.2, -0.15) is 0 Å². The van der Waals surface area contributed by atoms with Gasteiger partial charge in [-0.1, -0.05) is 36.2 Å². The van der Waals surface area contributed by atoms with Gasteiger partial charge in [0.2, 0.25) is 0 Å². The Labute approximate surface area is 99.4 Å². The second kappa shape index (κ2) is 5.50. The summed E-state index contributed by atoms with van der Waals surface area (Å²) in [7, 11) is 0. The van der Waals surface area contributed by atoms with Crippen molar-refractivity contribution in [2.45, 2.75) is 13.3 Å². The van der Waals surface area contributed by atoms with Crippen LogP contribution >= 0.6 is 23.2 Å². The normalized spacial score (nSPS) is 12.5. The second-order valence-electron chi connectivity index (χ2n) is 3.57. The Bertz CT molecular complexity index is 366. The zero-order chi connectivity index (χ0) is 11.4. The lowest BCUT2D eigenvalue weighted by molar-refractivity contribution is 0.0966. The van der Waals surface area contributed by atoms with Gasteiger partial charge < -0.3 is 5.73 Å². The van der Waals surface area contributed by atoms with E-state index in [1.165, 1.54) is 0 Å². The lowest BCUT2D eigenvalue weighted by atomic mass is 10.00. The van der Waals surface area contributed by atoms with Gasteiger partial charge in [0.1, 0.15) is 0 Å². The minimum Gasteiger partial charge on any atom is -0.330 e. The summed E-state index contributed by atoms with van der Waals surface area (Å²) in [5.74, 6) is 0.146. The average Bonchev–Trinajstić information content (AvgIpc) is 2.21. The largest absolute Gasteiger partial charge is 0.330 e. The Morgan fingerprint density at radius 2 is 2.13 bits per heavy atom. The molecule has 0 aromatic heterocycles. The van der Waals surface area contributed by atoms with Gasteiger partial charge in [0.05, 0.1) is 10.0 Å². The summed E-state index contributed by atoms with van der Waals surface area (Å²) in [5.41, 5.74) is 5.93. The van der Waals surface area contributed by atoms with Crippen LogP contribution in [0.2, 0.25) is 10.0 Å². The van der Waals surface area contributed by atoms with E-state index in [0.29, 0.717) is 28.6 Å². The van der Waals surface area contributed by atoms with Gasteiger partial charge >= 0.3 is 0 Å². The molecule has 1 rings (SSSR count). The molecule has 0 spiro atoms. The van der Waals surface area contributed by atoms with E-state index in [1.54, 1.807) is 18.2 Å². The minimum atomic E-state index is -0.0135. The first-order valence-electron chi connectivity index (χ1n) is 4.73. The third-order valence-corrected chi connectivity index (χ3v) is 3.01. The van der Waals surface area contributed by atoms with Crippen LogP contribution in [-0.2, 0) is 0 Å². The predicted octanol–water partition coefficient (Wildman–Crippen LogP) is 3.16. The summed E-state index contributed by atoms with van der Waals surface area (Å²) >= 11 is 11.8. The summed E-state index contributed by atoms with van der Waals surface area (Å²) in [6.45, 7) is 2.42. The fourth-order valence-electron chi connectivity index (χ4n) is 1.23. The van der Waals surface area contributed by atoms with Crippen molar-refractivity contribution >= 4 is 29.0 Å². The van der Waals surface area contributed by atoms with Crippen molar-refractivity contribution in [3.63, 3.8) is 0 Å². The van der Waals surface area contributed by atoms with E-state index in [4.69, 9.17) is 28.9 Å². The van der Waals surface area contributed by atoms with Crippen LogP contribution in [0.5, 0.6) is 0 Å². The highest BCUT2D eigenvalue weighted by Gasteiger charge is 2.14. The Morgan fingerprint density at radius 3 is 2.73 bits per heavy atom. The predicted molar refractivity (Wildman–Crippen MR) is 63.6 cm³/mol. The molecule has 1 unspecified atom stereocenters. The maximum Gasteiger partial charge on any atom is 0.164 e. The molecule has 0 aliphatic carbocycles. The van der Waals surface area contributed by atoms with E-state index in [1.807, 2.05) is 6.92 Å². The number of benzene rings is 1. The summed E-state index contributed by atoms with van der Waals surface area (Å²) in [6, 6.07) is 5.06. The summed E-state index contributed by atoms with van der Waals surface area (Å²) in [5, 5.41) is 0.733. The quantitative estimate of drug-likeness (QED) is 0.829. The second-order valence-corrected chi connectivity index (χ2v) is 4.35. The van der Waals surface area contributed by atoms with Crippen molar-refractivity contribution in [3.8, 4) is 0 Å². The SMILES string of the molecule is CC(CN)CC(=O)c1cccc(Cl)c1Cl. The molecule has 1 aromatic carbocycles. The maximum absolute atomic E-state index is 11.8. The molecule has 0 heterocycles. The number of rotatable bonds is 4. The third-order valence-electron chi connectivity index (χ3n) is 2.19. The highest BCUT2D eigenvalue weighted by molar-refractivity contribution is 6.43. The van der Waals surface area contributed by atoms with E-state index in [9.17, 15) is 4.79 Å². The fourth-order valence-corrected chi connectivity index (χ4v) is 1.63. The molecular weight excluding hydrogens is 233 g/mol. The van der Waals surface area contributed by atoms with Gasteiger partial charge in [0.25, 0.3) is 0 Å². The van der Waals surface area contributed by atoms with Crippen LogP contribution in [0, 0.1) is 5.92 Å². The van der Waals surface area contributed by atoms with Crippen molar-refractivity contribution in [2.75, 3.05) is 6.54 Å². The Balaban J connectivity index is 2.87. The van der Waals surface area contributed by atoms with Crippen molar-refractivity contribution in [3.05, 3.63) is 33.8 Å². The number of carbonyl (C=O) groups excluding carboxylic acids is 1. The highest BCUT2D eigenvalue weighted by atomic mass is 35.5. The van der Waals surface area contributed by atoms with Crippen LogP contribution in [0.3, 0.4) is 0 Å². The van der Waals surface area contributed by atoms with Crippen LogP contribution in [0.1, 0.15) is 23.7 Å². The first-order valence-corrected chi connectivity index (χ1v) is 5.49. The monoisotopic (exact) mass is 245 g/mol. The zero-order valence-electron chi connectivity index (χ0n) is 8.47. The lowest BCUT2D eigenvalue weighted by Gasteiger charge is -2.08. The van der Waals surface area contributed by atoms with Gasteiger partial charge in [-0.05, 0) is 24.6 Å². The first-order chi connectivity index (χ1) is 7.06. The Kier molecular flexibility index (Phi) is 4.58. The average molecular weight is 246 g/mol. The van der Waals surface area contributed by atoms with E-state index in [-0.39, 0.29) is 11.7 Å². The van der Waals surface area contributed by atoms with E-state index in [2.05, 4.69) is 0 Å². The van der Waals surface area contributed by atoms with Crippen LogP contribution in [-0.4, -0.2) is 12.3 Å². The third kappa shape index (κ3) is 3.20. The van der Waals surface area contributed by atoms with Crippen LogP contribution in [0.4, 0.5) is 0 Å². The Morgan fingerprint density at radius 1 is 1.47 bits per heavy atom. The van der Waals surface area contributed by atoms with Gasteiger partial charge in [-0.3, -0.25) is 4.79 Å². The number of hydrogen-bond acceptors (Lipinski definition) is 2. The number of Topliss-reactive ketones (excluding diaryl/α,β-unsaturated/α-hetero) is 1. The van der Waals surface area contributed by atoms with Gasteiger partial charge in [-0.15, -0.1) is 0 Å². The highest BCUT2D eigenvalue weighted by Crippen LogP contribution is 2.26. The van der Waals surface area contributed by atoms with E-state index < -0.39 is 0 Å².